The molecular weight excluding hydrogens is 364 g/mol. The number of amides is 1. The Kier molecular flexibility index (Phi) is 4.72. The van der Waals surface area contributed by atoms with E-state index in [2.05, 4.69) is 39.6 Å². The van der Waals surface area contributed by atoms with Crippen LogP contribution >= 0.6 is 0 Å². The van der Waals surface area contributed by atoms with Gasteiger partial charge in [-0.2, -0.15) is 0 Å². The van der Waals surface area contributed by atoms with Gasteiger partial charge < -0.3 is 19.1 Å². The molecule has 2 saturated heterocycles. The SMILES string of the molecule is Cc1nc2ccccc2n1[C@H]1CCN(C(=O)c2ccc(N3CCOCC3)cc2)C1. The quantitative estimate of drug-likeness (QED) is 0.689. The highest BCUT2D eigenvalue weighted by molar-refractivity contribution is 5.94. The van der Waals surface area contributed by atoms with Crippen LogP contribution in [-0.4, -0.2) is 59.8 Å². The van der Waals surface area contributed by atoms with Crippen molar-refractivity contribution in [3.8, 4) is 0 Å². The highest BCUT2D eigenvalue weighted by Gasteiger charge is 2.30. The number of rotatable bonds is 3. The first-order valence-corrected chi connectivity index (χ1v) is 10.4. The van der Waals surface area contributed by atoms with E-state index in [0.717, 1.165) is 73.9 Å². The van der Waals surface area contributed by atoms with Crippen molar-refractivity contribution in [3.63, 3.8) is 0 Å². The Hall–Kier alpha value is -2.86. The number of carbonyl (C=O) groups excluding carboxylic acids is 1. The summed E-state index contributed by atoms with van der Waals surface area (Å²) in [6, 6.07) is 16.5. The fraction of sp³-hybridized carbons (Fsp3) is 0.391. The van der Waals surface area contributed by atoms with Crippen molar-refractivity contribution in [2.24, 2.45) is 0 Å². The minimum Gasteiger partial charge on any atom is -0.378 e. The highest BCUT2D eigenvalue weighted by atomic mass is 16.5. The monoisotopic (exact) mass is 390 g/mol. The number of fused-ring (bicyclic) bond motifs is 1. The van der Waals surface area contributed by atoms with Crippen molar-refractivity contribution in [2.75, 3.05) is 44.3 Å². The first-order chi connectivity index (χ1) is 14.2. The summed E-state index contributed by atoms with van der Waals surface area (Å²) in [7, 11) is 0. The Balaban J connectivity index is 1.31. The van der Waals surface area contributed by atoms with E-state index in [4.69, 9.17) is 4.74 Å². The third-order valence-corrected chi connectivity index (χ3v) is 6.08. The smallest absolute Gasteiger partial charge is 0.253 e. The number of benzene rings is 2. The zero-order valence-corrected chi connectivity index (χ0v) is 16.8. The van der Waals surface area contributed by atoms with Crippen molar-refractivity contribution in [1.82, 2.24) is 14.5 Å². The maximum absolute atomic E-state index is 13.1. The average Bonchev–Trinajstić information content (AvgIpc) is 3.37. The largest absolute Gasteiger partial charge is 0.378 e. The summed E-state index contributed by atoms with van der Waals surface area (Å²) in [6.07, 6.45) is 0.957. The molecule has 0 radical (unpaired) electrons. The van der Waals surface area contributed by atoms with Crippen LogP contribution in [0, 0.1) is 6.92 Å². The van der Waals surface area contributed by atoms with Gasteiger partial charge in [0.2, 0.25) is 0 Å². The maximum atomic E-state index is 13.1. The van der Waals surface area contributed by atoms with Crippen LogP contribution in [0.2, 0.25) is 0 Å². The first-order valence-electron chi connectivity index (χ1n) is 10.4. The van der Waals surface area contributed by atoms with E-state index < -0.39 is 0 Å². The van der Waals surface area contributed by atoms with Gasteiger partial charge in [-0.05, 0) is 49.7 Å². The molecule has 6 heteroatoms. The van der Waals surface area contributed by atoms with E-state index in [1.165, 1.54) is 0 Å². The number of likely N-dealkylation sites (tertiary alicyclic amines) is 1. The molecule has 150 valence electrons. The summed E-state index contributed by atoms with van der Waals surface area (Å²) in [4.78, 5) is 22.0. The number of carbonyl (C=O) groups is 1. The van der Waals surface area contributed by atoms with Crippen LogP contribution in [0.1, 0.15) is 28.6 Å². The van der Waals surface area contributed by atoms with E-state index in [1.807, 2.05) is 35.2 Å². The van der Waals surface area contributed by atoms with Gasteiger partial charge in [0.05, 0.1) is 30.3 Å². The van der Waals surface area contributed by atoms with Crippen LogP contribution in [-0.2, 0) is 4.74 Å². The summed E-state index contributed by atoms with van der Waals surface area (Å²) in [5, 5.41) is 0. The number of anilines is 1. The van der Waals surface area contributed by atoms with Gasteiger partial charge in [-0.25, -0.2) is 4.98 Å². The van der Waals surface area contributed by atoms with E-state index in [1.54, 1.807) is 0 Å². The fourth-order valence-corrected chi connectivity index (χ4v) is 4.58. The minimum atomic E-state index is 0.114. The van der Waals surface area contributed by atoms with Crippen LogP contribution < -0.4 is 4.90 Å². The molecule has 3 aromatic rings. The topological polar surface area (TPSA) is 50.6 Å². The lowest BCUT2D eigenvalue weighted by Crippen LogP contribution is -2.36. The Labute approximate surface area is 170 Å². The van der Waals surface area contributed by atoms with Gasteiger partial charge in [-0.3, -0.25) is 4.79 Å². The summed E-state index contributed by atoms with van der Waals surface area (Å²) in [5.41, 5.74) is 4.09. The van der Waals surface area contributed by atoms with E-state index >= 15 is 0 Å². The molecule has 0 unspecified atom stereocenters. The number of hydrogen-bond donors (Lipinski definition) is 0. The molecule has 0 aliphatic carbocycles. The molecule has 6 nitrogen and oxygen atoms in total. The Morgan fingerprint density at radius 3 is 2.59 bits per heavy atom. The molecule has 1 aromatic heterocycles. The van der Waals surface area contributed by atoms with Crippen LogP contribution in [0.15, 0.2) is 48.5 Å². The summed E-state index contributed by atoms with van der Waals surface area (Å²) < 4.78 is 7.71. The number of aryl methyl sites for hydroxylation is 1. The number of morpholine rings is 1. The second-order valence-electron chi connectivity index (χ2n) is 7.86. The molecule has 0 N–H and O–H groups in total. The molecule has 1 amide bonds. The number of nitrogens with zero attached hydrogens (tertiary/aromatic N) is 4. The lowest BCUT2D eigenvalue weighted by atomic mass is 10.1. The van der Waals surface area contributed by atoms with Gasteiger partial charge in [0.15, 0.2) is 0 Å². The number of para-hydroxylation sites is 2. The first kappa shape index (κ1) is 18.2. The van der Waals surface area contributed by atoms with Gasteiger partial charge in [0.25, 0.3) is 5.91 Å². The fourth-order valence-electron chi connectivity index (χ4n) is 4.58. The summed E-state index contributed by atoms with van der Waals surface area (Å²) in [6.45, 7) is 6.88. The molecular formula is C23H26N4O2. The van der Waals surface area contributed by atoms with Crippen LogP contribution in [0.25, 0.3) is 11.0 Å². The number of ether oxygens (including phenoxy) is 1. The zero-order chi connectivity index (χ0) is 19.8. The Morgan fingerprint density at radius 2 is 1.79 bits per heavy atom. The van der Waals surface area contributed by atoms with E-state index in [0.29, 0.717) is 0 Å². The summed E-state index contributed by atoms with van der Waals surface area (Å²) in [5.74, 6) is 1.13. The van der Waals surface area contributed by atoms with Gasteiger partial charge >= 0.3 is 0 Å². The van der Waals surface area contributed by atoms with Gasteiger partial charge in [0, 0.05) is 37.4 Å². The molecule has 5 rings (SSSR count). The third-order valence-electron chi connectivity index (χ3n) is 6.08. The van der Waals surface area contributed by atoms with E-state index in [-0.39, 0.29) is 11.9 Å². The Bertz CT molecular complexity index is 1020. The van der Waals surface area contributed by atoms with Crippen LogP contribution in [0.5, 0.6) is 0 Å². The van der Waals surface area contributed by atoms with Gasteiger partial charge in [0.1, 0.15) is 5.82 Å². The molecule has 2 aliphatic rings. The van der Waals surface area contributed by atoms with Crippen molar-refractivity contribution in [3.05, 3.63) is 59.9 Å². The Morgan fingerprint density at radius 1 is 1.03 bits per heavy atom. The van der Waals surface area contributed by atoms with Crippen LogP contribution in [0.4, 0.5) is 5.69 Å². The average molecular weight is 390 g/mol. The lowest BCUT2D eigenvalue weighted by molar-refractivity contribution is 0.0787. The summed E-state index contributed by atoms with van der Waals surface area (Å²) >= 11 is 0. The number of aromatic nitrogens is 2. The van der Waals surface area contributed by atoms with Gasteiger partial charge in [-0.15, -0.1) is 0 Å². The van der Waals surface area contributed by atoms with Crippen molar-refractivity contribution in [1.29, 1.82) is 0 Å². The third kappa shape index (κ3) is 3.38. The van der Waals surface area contributed by atoms with Gasteiger partial charge in [-0.1, -0.05) is 12.1 Å². The standard InChI is InChI=1S/C23H26N4O2/c1-17-24-21-4-2-3-5-22(21)27(17)20-10-11-26(16-20)23(28)18-6-8-19(9-7-18)25-12-14-29-15-13-25/h2-9,20H,10-16H2,1H3/t20-/m0/s1. The lowest BCUT2D eigenvalue weighted by Gasteiger charge is -2.29. The molecule has 0 spiro atoms. The molecule has 2 aliphatic heterocycles. The highest BCUT2D eigenvalue weighted by Crippen LogP contribution is 2.29. The normalized spacial score (nSPS) is 19.8. The molecule has 2 aromatic carbocycles. The zero-order valence-electron chi connectivity index (χ0n) is 16.8. The minimum absolute atomic E-state index is 0.114. The maximum Gasteiger partial charge on any atom is 0.253 e. The molecule has 0 bridgehead atoms. The molecule has 2 fully saturated rings. The second kappa shape index (κ2) is 7.52. The van der Waals surface area contributed by atoms with Crippen molar-refractivity contribution in [2.45, 2.75) is 19.4 Å². The number of imidazole rings is 1. The predicted octanol–water partition coefficient (Wildman–Crippen LogP) is 3.27. The van der Waals surface area contributed by atoms with Crippen molar-refractivity contribution >= 4 is 22.6 Å². The predicted molar refractivity (Wildman–Crippen MR) is 114 cm³/mol. The van der Waals surface area contributed by atoms with Crippen LogP contribution in [0.3, 0.4) is 0 Å². The molecule has 3 heterocycles. The van der Waals surface area contributed by atoms with E-state index in [9.17, 15) is 4.79 Å². The van der Waals surface area contributed by atoms with Crippen molar-refractivity contribution < 1.29 is 9.53 Å². The molecule has 29 heavy (non-hydrogen) atoms. The second-order valence-corrected chi connectivity index (χ2v) is 7.86. The number of hydrogen-bond acceptors (Lipinski definition) is 4. The molecule has 0 saturated carbocycles. The molecule has 1 atom stereocenters.